The Kier molecular flexibility index (Phi) is 6.66. The summed E-state index contributed by atoms with van der Waals surface area (Å²) in [5.74, 6) is 0. The second-order valence-electron chi connectivity index (χ2n) is 8.06. The molecule has 0 saturated heterocycles. The minimum Gasteiger partial charge on any atom is -0.389 e. The lowest BCUT2D eigenvalue weighted by Crippen LogP contribution is -2.45. The van der Waals surface area contributed by atoms with Crippen LogP contribution in [-0.4, -0.2) is 10.7 Å². The predicted molar refractivity (Wildman–Crippen MR) is 108 cm³/mol. The van der Waals surface area contributed by atoms with Crippen LogP contribution < -0.4 is 5.32 Å². The zero-order chi connectivity index (χ0) is 18.3. The van der Waals surface area contributed by atoms with Crippen LogP contribution in [0.2, 0.25) is 0 Å². The molecular weight excluding hydrogens is 306 g/mol. The molecule has 0 bridgehead atoms. The molecule has 2 heteroatoms. The van der Waals surface area contributed by atoms with E-state index in [0.717, 1.165) is 24.9 Å². The third-order valence-electron chi connectivity index (χ3n) is 5.20. The number of anilines is 1. The van der Waals surface area contributed by atoms with E-state index in [1.165, 1.54) is 5.56 Å². The summed E-state index contributed by atoms with van der Waals surface area (Å²) in [6, 6.07) is 20.8. The fraction of sp³-hybridized carbons (Fsp3) is 0.478. The summed E-state index contributed by atoms with van der Waals surface area (Å²) in [4.78, 5) is 0. The Labute approximate surface area is 153 Å². The van der Waals surface area contributed by atoms with Crippen LogP contribution in [0.1, 0.15) is 65.0 Å². The summed E-state index contributed by atoms with van der Waals surface area (Å²) < 4.78 is 0. The molecule has 0 amide bonds. The smallest absolute Gasteiger partial charge is 0.0718 e. The van der Waals surface area contributed by atoms with Crippen molar-refractivity contribution in [2.75, 3.05) is 5.32 Å². The fourth-order valence-electron chi connectivity index (χ4n) is 3.26. The van der Waals surface area contributed by atoms with Crippen LogP contribution in [0.5, 0.6) is 0 Å². The van der Waals surface area contributed by atoms with Gasteiger partial charge in [-0.3, -0.25) is 0 Å². The van der Waals surface area contributed by atoms with Crippen LogP contribution in [0, 0.1) is 5.41 Å². The summed E-state index contributed by atoms with van der Waals surface area (Å²) in [5.41, 5.74) is 1.41. The Balaban J connectivity index is 2.30. The van der Waals surface area contributed by atoms with Gasteiger partial charge in [0.15, 0.2) is 0 Å². The van der Waals surface area contributed by atoms with Crippen molar-refractivity contribution in [3.8, 4) is 0 Å². The molecule has 2 aromatic carbocycles. The van der Waals surface area contributed by atoms with E-state index in [1.807, 2.05) is 24.3 Å². The first-order valence-corrected chi connectivity index (χ1v) is 9.44. The highest BCUT2D eigenvalue weighted by Crippen LogP contribution is 2.42. The molecule has 0 spiro atoms. The summed E-state index contributed by atoms with van der Waals surface area (Å²) in [5, 5.41) is 15.2. The van der Waals surface area contributed by atoms with E-state index in [-0.39, 0.29) is 11.5 Å². The molecule has 0 unspecified atom stereocenters. The van der Waals surface area contributed by atoms with E-state index in [4.69, 9.17) is 0 Å². The number of nitrogens with one attached hydrogen (secondary N) is 1. The quantitative estimate of drug-likeness (QED) is 0.600. The molecule has 0 fully saturated rings. The Morgan fingerprint density at radius 3 is 2.00 bits per heavy atom. The SMILES string of the molecule is CCCC[C@@](O)(C[C@H](Nc1ccccc1)c1ccccc1)C(C)(C)C. The first-order valence-electron chi connectivity index (χ1n) is 9.44. The van der Waals surface area contributed by atoms with E-state index in [0.29, 0.717) is 6.42 Å². The molecule has 0 saturated carbocycles. The molecule has 2 atom stereocenters. The highest BCUT2D eigenvalue weighted by Gasteiger charge is 2.41. The van der Waals surface area contributed by atoms with Crippen LogP contribution in [0.4, 0.5) is 5.69 Å². The van der Waals surface area contributed by atoms with E-state index >= 15 is 0 Å². The molecule has 0 heterocycles. The van der Waals surface area contributed by atoms with E-state index < -0.39 is 5.60 Å². The number of unbranched alkanes of at least 4 members (excludes halogenated alkanes) is 1. The molecule has 0 radical (unpaired) electrons. The minimum atomic E-state index is -0.717. The number of para-hydroxylation sites is 1. The van der Waals surface area contributed by atoms with Crippen molar-refractivity contribution in [3.63, 3.8) is 0 Å². The molecule has 136 valence electrons. The highest BCUT2D eigenvalue weighted by atomic mass is 16.3. The lowest BCUT2D eigenvalue weighted by molar-refractivity contribution is -0.0758. The zero-order valence-electron chi connectivity index (χ0n) is 16.1. The van der Waals surface area contributed by atoms with Gasteiger partial charge in [0.05, 0.1) is 11.6 Å². The Hall–Kier alpha value is -1.80. The van der Waals surface area contributed by atoms with Gasteiger partial charge < -0.3 is 10.4 Å². The van der Waals surface area contributed by atoms with Crippen LogP contribution in [-0.2, 0) is 0 Å². The first kappa shape index (κ1) is 19.5. The van der Waals surface area contributed by atoms with Crippen molar-refractivity contribution in [1.82, 2.24) is 0 Å². The number of hydrogen-bond donors (Lipinski definition) is 2. The summed E-state index contributed by atoms with van der Waals surface area (Å²) in [7, 11) is 0. The van der Waals surface area contributed by atoms with Crippen LogP contribution in [0.3, 0.4) is 0 Å². The van der Waals surface area contributed by atoms with Crippen molar-refractivity contribution < 1.29 is 5.11 Å². The molecule has 0 aliphatic heterocycles. The van der Waals surface area contributed by atoms with Gasteiger partial charge in [0.25, 0.3) is 0 Å². The van der Waals surface area contributed by atoms with Gasteiger partial charge in [-0.05, 0) is 29.5 Å². The van der Waals surface area contributed by atoms with Gasteiger partial charge in [-0.2, -0.15) is 0 Å². The molecule has 0 aliphatic carbocycles. The van der Waals surface area contributed by atoms with Gasteiger partial charge in [-0.25, -0.2) is 0 Å². The molecule has 2 nitrogen and oxygen atoms in total. The average Bonchev–Trinajstić information content (AvgIpc) is 2.60. The predicted octanol–water partition coefficient (Wildman–Crippen LogP) is 6.20. The summed E-state index contributed by atoms with van der Waals surface area (Å²) in [6.07, 6.45) is 3.66. The van der Waals surface area contributed by atoms with Crippen molar-refractivity contribution in [2.24, 2.45) is 5.41 Å². The average molecular weight is 340 g/mol. The van der Waals surface area contributed by atoms with Gasteiger partial charge in [-0.15, -0.1) is 0 Å². The monoisotopic (exact) mass is 339 g/mol. The van der Waals surface area contributed by atoms with E-state index in [1.54, 1.807) is 0 Å². The largest absolute Gasteiger partial charge is 0.389 e. The standard InChI is InChI=1S/C23H33NO/c1-5-6-17-23(25,22(2,3)4)18-21(19-13-9-7-10-14-19)24-20-15-11-8-12-16-20/h7-16,21,24-25H,5-6,17-18H2,1-4H3/t21-,23+/m0/s1. The lowest BCUT2D eigenvalue weighted by atomic mass is 9.69. The van der Waals surface area contributed by atoms with Crippen molar-refractivity contribution in [2.45, 2.75) is 65.0 Å². The molecule has 2 aromatic rings. The van der Waals surface area contributed by atoms with Crippen LogP contribution >= 0.6 is 0 Å². The van der Waals surface area contributed by atoms with Gasteiger partial charge in [-0.1, -0.05) is 89.1 Å². The summed E-state index contributed by atoms with van der Waals surface area (Å²) >= 11 is 0. The Morgan fingerprint density at radius 1 is 0.920 bits per heavy atom. The second kappa shape index (κ2) is 8.53. The van der Waals surface area contributed by atoms with Gasteiger partial charge in [0, 0.05) is 12.1 Å². The molecule has 2 N–H and O–H groups in total. The number of benzene rings is 2. The minimum absolute atomic E-state index is 0.0738. The van der Waals surface area contributed by atoms with Crippen molar-refractivity contribution in [1.29, 1.82) is 0 Å². The molecule has 0 aromatic heterocycles. The highest BCUT2D eigenvalue weighted by molar-refractivity contribution is 5.45. The third kappa shape index (κ3) is 5.34. The molecular formula is C23H33NO. The van der Waals surface area contributed by atoms with Crippen LogP contribution in [0.15, 0.2) is 60.7 Å². The maximum atomic E-state index is 11.5. The van der Waals surface area contributed by atoms with Gasteiger partial charge in [0.1, 0.15) is 0 Å². The maximum absolute atomic E-state index is 11.5. The third-order valence-corrected chi connectivity index (χ3v) is 5.20. The molecule has 2 rings (SSSR count). The molecule has 0 aliphatic rings. The zero-order valence-corrected chi connectivity index (χ0v) is 16.1. The lowest BCUT2D eigenvalue weighted by Gasteiger charge is -2.43. The van der Waals surface area contributed by atoms with E-state index in [2.05, 4.69) is 69.4 Å². The van der Waals surface area contributed by atoms with Crippen LogP contribution in [0.25, 0.3) is 0 Å². The maximum Gasteiger partial charge on any atom is 0.0718 e. The second-order valence-corrected chi connectivity index (χ2v) is 8.06. The van der Waals surface area contributed by atoms with E-state index in [9.17, 15) is 5.11 Å². The van der Waals surface area contributed by atoms with Crippen molar-refractivity contribution in [3.05, 3.63) is 66.2 Å². The molecule has 25 heavy (non-hydrogen) atoms. The first-order chi connectivity index (χ1) is 11.9. The summed E-state index contributed by atoms with van der Waals surface area (Å²) in [6.45, 7) is 8.62. The van der Waals surface area contributed by atoms with Gasteiger partial charge >= 0.3 is 0 Å². The van der Waals surface area contributed by atoms with Gasteiger partial charge in [0.2, 0.25) is 0 Å². The topological polar surface area (TPSA) is 32.3 Å². The number of hydrogen-bond acceptors (Lipinski definition) is 2. The van der Waals surface area contributed by atoms with Crippen molar-refractivity contribution >= 4 is 5.69 Å². The Morgan fingerprint density at radius 2 is 1.48 bits per heavy atom. The normalized spacial score (nSPS) is 15.4. The Bertz CT molecular complexity index is 618. The number of aliphatic hydroxyl groups is 1. The fourth-order valence-corrected chi connectivity index (χ4v) is 3.26. The number of rotatable bonds is 8.